The van der Waals surface area contributed by atoms with Crippen LogP contribution in [0.4, 0.5) is 5.69 Å². The lowest BCUT2D eigenvalue weighted by atomic mass is 10.1. The molecule has 0 amide bonds. The van der Waals surface area contributed by atoms with Gasteiger partial charge in [-0.2, -0.15) is 0 Å². The van der Waals surface area contributed by atoms with Crippen molar-refractivity contribution < 1.29 is 14.8 Å². The summed E-state index contributed by atoms with van der Waals surface area (Å²) in [5.74, 6) is -0.440. The summed E-state index contributed by atoms with van der Waals surface area (Å²) >= 11 is 1.37. The fourth-order valence-corrected chi connectivity index (χ4v) is 2.68. The molecule has 0 aliphatic carbocycles. The first-order valence-electron chi connectivity index (χ1n) is 5.45. The summed E-state index contributed by atoms with van der Waals surface area (Å²) in [5.41, 5.74) is 0.00526. The predicted octanol–water partition coefficient (Wildman–Crippen LogP) is 2.71. The topological polar surface area (TPSA) is 93.3 Å². The molecule has 2 aromatic rings. The molecule has 0 aliphatic rings. The number of carboxylic acids is 1. The molecule has 0 aliphatic heterocycles. The Kier molecular flexibility index (Phi) is 3.96. The first-order valence-corrected chi connectivity index (χ1v) is 6.44. The number of non-ortho nitro benzene ring substituents is 1. The number of fused-ring (bicyclic) bond motifs is 1. The highest BCUT2D eigenvalue weighted by atomic mass is 32.2. The van der Waals surface area contributed by atoms with Gasteiger partial charge in [-0.05, 0) is 12.1 Å². The first-order chi connectivity index (χ1) is 9.09. The number of carboxylic acid groups (broad SMARTS) is 1. The van der Waals surface area contributed by atoms with Crippen LogP contribution in [-0.4, -0.2) is 26.7 Å². The lowest BCUT2D eigenvalue weighted by Gasteiger charge is -2.05. The van der Waals surface area contributed by atoms with Crippen molar-refractivity contribution in [2.45, 2.75) is 11.3 Å². The highest BCUT2D eigenvalue weighted by Gasteiger charge is 2.14. The molecule has 2 rings (SSSR count). The summed E-state index contributed by atoms with van der Waals surface area (Å²) in [4.78, 5) is 25.7. The van der Waals surface area contributed by atoms with Crippen LogP contribution in [0, 0.1) is 10.1 Å². The van der Waals surface area contributed by atoms with Crippen LogP contribution in [0.1, 0.15) is 6.42 Å². The predicted molar refractivity (Wildman–Crippen MR) is 71.4 cm³/mol. The standard InChI is InChI=1S/C12H10N2O4S/c15-12(16)4-6-19-11-2-1-10(14(17)18)9-7-13-5-3-8(9)11/h1-3,5,7H,4,6H2,(H,15,16). The Labute approximate surface area is 112 Å². The number of nitro groups is 1. The SMILES string of the molecule is O=C(O)CCSc1ccc([N+](=O)[O-])c2cnccc12. The zero-order chi connectivity index (χ0) is 13.8. The molecular formula is C12H10N2O4S. The summed E-state index contributed by atoms with van der Waals surface area (Å²) in [6.07, 6.45) is 3.07. The van der Waals surface area contributed by atoms with Gasteiger partial charge in [0.1, 0.15) is 0 Å². The normalized spacial score (nSPS) is 10.5. The van der Waals surface area contributed by atoms with E-state index in [2.05, 4.69) is 4.98 Å². The van der Waals surface area contributed by atoms with Crippen molar-refractivity contribution in [1.82, 2.24) is 4.98 Å². The molecule has 0 bridgehead atoms. The Balaban J connectivity index is 2.38. The van der Waals surface area contributed by atoms with Crippen LogP contribution in [-0.2, 0) is 4.79 Å². The number of hydrogen-bond donors (Lipinski definition) is 1. The van der Waals surface area contributed by atoms with Gasteiger partial charge in [-0.3, -0.25) is 19.9 Å². The lowest BCUT2D eigenvalue weighted by molar-refractivity contribution is -0.383. The van der Waals surface area contributed by atoms with E-state index in [0.29, 0.717) is 11.1 Å². The number of aromatic nitrogens is 1. The molecule has 0 unspecified atom stereocenters. The quantitative estimate of drug-likeness (QED) is 0.513. The Morgan fingerprint density at radius 3 is 2.84 bits per heavy atom. The second-order valence-electron chi connectivity index (χ2n) is 3.75. The molecule has 0 atom stereocenters. The van der Waals surface area contributed by atoms with Crippen LogP contribution in [0.25, 0.3) is 10.8 Å². The summed E-state index contributed by atoms with van der Waals surface area (Å²) < 4.78 is 0. The molecule has 0 spiro atoms. The van der Waals surface area contributed by atoms with Crippen molar-refractivity contribution in [3.05, 3.63) is 40.7 Å². The minimum absolute atomic E-state index is 0.00526. The molecule has 19 heavy (non-hydrogen) atoms. The highest BCUT2D eigenvalue weighted by molar-refractivity contribution is 7.99. The van der Waals surface area contributed by atoms with Gasteiger partial charge >= 0.3 is 5.97 Å². The number of aliphatic carboxylic acids is 1. The third-order valence-electron chi connectivity index (χ3n) is 2.53. The second kappa shape index (κ2) is 5.66. The molecule has 1 aromatic heterocycles. The Bertz CT molecular complexity index is 645. The van der Waals surface area contributed by atoms with E-state index in [1.54, 1.807) is 18.3 Å². The maximum atomic E-state index is 10.9. The van der Waals surface area contributed by atoms with Gasteiger partial charge in [-0.1, -0.05) is 0 Å². The minimum atomic E-state index is -0.861. The third-order valence-corrected chi connectivity index (χ3v) is 3.60. The minimum Gasteiger partial charge on any atom is -0.481 e. The fourth-order valence-electron chi connectivity index (χ4n) is 1.68. The first kappa shape index (κ1) is 13.3. The maximum absolute atomic E-state index is 10.9. The number of hydrogen-bond acceptors (Lipinski definition) is 5. The molecule has 1 heterocycles. The average Bonchev–Trinajstić information content (AvgIpc) is 2.38. The van der Waals surface area contributed by atoms with Crippen molar-refractivity contribution in [3.63, 3.8) is 0 Å². The van der Waals surface area contributed by atoms with Crippen LogP contribution in [0.2, 0.25) is 0 Å². The van der Waals surface area contributed by atoms with Gasteiger partial charge in [0.15, 0.2) is 0 Å². The van der Waals surface area contributed by atoms with Crippen LogP contribution >= 0.6 is 11.8 Å². The van der Waals surface area contributed by atoms with Crippen LogP contribution in [0.3, 0.4) is 0 Å². The van der Waals surface area contributed by atoms with Crippen LogP contribution in [0.5, 0.6) is 0 Å². The molecule has 1 N–H and O–H groups in total. The van der Waals surface area contributed by atoms with Gasteiger partial charge in [0, 0.05) is 34.5 Å². The van der Waals surface area contributed by atoms with Crippen LogP contribution in [0.15, 0.2) is 35.5 Å². The number of benzene rings is 1. The smallest absolute Gasteiger partial charge is 0.304 e. The van der Waals surface area contributed by atoms with Crippen LogP contribution < -0.4 is 0 Å². The van der Waals surface area contributed by atoms with E-state index in [1.807, 2.05) is 0 Å². The zero-order valence-electron chi connectivity index (χ0n) is 9.78. The van der Waals surface area contributed by atoms with Crippen molar-refractivity contribution >= 4 is 34.2 Å². The summed E-state index contributed by atoms with van der Waals surface area (Å²) in [7, 11) is 0. The zero-order valence-corrected chi connectivity index (χ0v) is 10.6. The lowest BCUT2D eigenvalue weighted by Crippen LogP contribution is -1.96. The van der Waals surface area contributed by atoms with E-state index in [0.717, 1.165) is 10.3 Å². The largest absolute Gasteiger partial charge is 0.481 e. The average molecular weight is 278 g/mol. The van der Waals surface area contributed by atoms with Crippen molar-refractivity contribution in [1.29, 1.82) is 0 Å². The number of thioether (sulfide) groups is 1. The molecule has 0 fully saturated rings. The summed E-state index contributed by atoms with van der Waals surface area (Å²) in [6, 6.07) is 4.77. The highest BCUT2D eigenvalue weighted by Crippen LogP contribution is 2.33. The Morgan fingerprint density at radius 2 is 2.16 bits per heavy atom. The Hall–Kier alpha value is -2.15. The van der Waals surface area contributed by atoms with E-state index < -0.39 is 10.9 Å². The fraction of sp³-hybridized carbons (Fsp3) is 0.167. The number of nitro benzene ring substituents is 1. The second-order valence-corrected chi connectivity index (χ2v) is 4.89. The molecular weight excluding hydrogens is 268 g/mol. The maximum Gasteiger partial charge on any atom is 0.304 e. The van der Waals surface area contributed by atoms with E-state index in [4.69, 9.17) is 5.11 Å². The summed E-state index contributed by atoms with van der Waals surface area (Å²) in [6.45, 7) is 0. The number of carbonyl (C=O) groups is 1. The van der Waals surface area contributed by atoms with Gasteiger partial charge < -0.3 is 5.11 Å². The molecule has 1 aromatic carbocycles. The molecule has 0 radical (unpaired) electrons. The van der Waals surface area contributed by atoms with E-state index in [9.17, 15) is 14.9 Å². The van der Waals surface area contributed by atoms with Gasteiger partial charge in [0.05, 0.1) is 16.7 Å². The molecule has 0 saturated carbocycles. The van der Waals surface area contributed by atoms with E-state index >= 15 is 0 Å². The molecule has 6 nitrogen and oxygen atoms in total. The van der Waals surface area contributed by atoms with Gasteiger partial charge in [-0.25, -0.2) is 0 Å². The van der Waals surface area contributed by atoms with Crippen molar-refractivity contribution in [3.8, 4) is 0 Å². The van der Waals surface area contributed by atoms with E-state index in [1.165, 1.54) is 24.0 Å². The van der Waals surface area contributed by atoms with Gasteiger partial charge in [0.2, 0.25) is 0 Å². The number of nitrogens with zero attached hydrogens (tertiary/aromatic N) is 2. The molecule has 7 heteroatoms. The van der Waals surface area contributed by atoms with E-state index in [-0.39, 0.29) is 12.1 Å². The van der Waals surface area contributed by atoms with Gasteiger partial charge in [-0.15, -0.1) is 11.8 Å². The molecule has 0 saturated heterocycles. The molecule has 98 valence electrons. The number of rotatable bonds is 5. The summed E-state index contributed by atoms with van der Waals surface area (Å²) in [5, 5.41) is 20.7. The number of pyridine rings is 1. The third kappa shape index (κ3) is 3.00. The van der Waals surface area contributed by atoms with Crippen molar-refractivity contribution in [2.24, 2.45) is 0 Å². The van der Waals surface area contributed by atoms with Crippen molar-refractivity contribution in [2.75, 3.05) is 5.75 Å². The van der Waals surface area contributed by atoms with Gasteiger partial charge in [0.25, 0.3) is 5.69 Å². The Morgan fingerprint density at radius 1 is 1.37 bits per heavy atom. The monoisotopic (exact) mass is 278 g/mol.